The molecule has 0 spiro atoms. The lowest BCUT2D eigenvalue weighted by Gasteiger charge is -2.33. The Hall–Kier alpha value is -3.26. The summed E-state index contributed by atoms with van der Waals surface area (Å²) in [6.07, 6.45) is 1.71. The van der Waals surface area contributed by atoms with Gasteiger partial charge in [0.15, 0.2) is 0 Å². The second-order valence-electron chi connectivity index (χ2n) is 8.73. The molecular formula is C25H30N6O3S. The molecule has 0 saturated carbocycles. The summed E-state index contributed by atoms with van der Waals surface area (Å²) in [6, 6.07) is 8.21. The Bertz CT molecular complexity index is 1230. The minimum Gasteiger partial charge on any atom is -0.383 e. The van der Waals surface area contributed by atoms with Crippen molar-refractivity contribution in [3.63, 3.8) is 0 Å². The first-order valence-electron chi connectivity index (χ1n) is 11.6. The van der Waals surface area contributed by atoms with E-state index in [1.54, 1.807) is 29.4 Å². The number of aromatic nitrogens is 3. The fourth-order valence-electron chi connectivity index (χ4n) is 4.54. The van der Waals surface area contributed by atoms with Crippen LogP contribution < -0.4 is 0 Å². The number of rotatable bonds is 8. The van der Waals surface area contributed by atoms with Crippen LogP contribution in [0.1, 0.15) is 35.8 Å². The molecule has 0 N–H and O–H groups in total. The van der Waals surface area contributed by atoms with Gasteiger partial charge in [0.25, 0.3) is 5.91 Å². The topological polar surface area (TPSA) is 100 Å². The number of nitriles is 1. The zero-order chi connectivity index (χ0) is 24.9. The summed E-state index contributed by atoms with van der Waals surface area (Å²) in [5.41, 5.74) is 3.11. The molecule has 1 amide bonds. The van der Waals surface area contributed by atoms with Crippen LogP contribution in [0.5, 0.6) is 0 Å². The van der Waals surface area contributed by atoms with E-state index in [0.717, 1.165) is 21.8 Å². The zero-order valence-electron chi connectivity index (χ0n) is 20.5. The van der Waals surface area contributed by atoms with Gasteiger partial charge in [-0.15, -0.1) is 11.3 Å². The minimum absolute atomic E-state index is 0.149. The molecular weight excluding hydrogens is 464 g/mol. The Kier molecular flexibility index (Phi) is 7.80. The van der Waals surface area contributed by atoms with Crippen LogP contribution in [0.3, 0.4) is 0 Å². The molecule has 1 saturated heterocycles. The van der Waals surface area contributed by atoms with Gasteiger partial charge in [0, 0.05) is 44.7 Å². The molecule has 0 aromatic carbocycles. The summed E-state index contributed by atoms with van der Waals surface area (Å²) < 4.78 is 12.9. The van der Waals surface area contributed by atoms with Gasteiger partial charge < -0.3 is 18.7 Å². The summed E-state index contributed by atoms with van der Waals surface area (Å²) in [4.78, 5) is 22.5. The highest BCUT2D eigenvalue weighted by Crippen LogP contribution is 2.24. The minimum atomic E-state index is -0.236. The van der Waals surface area contributed by atoms with Crippen LogP contribution in [0.2, 0.25) is 0 Å². The second kappa shape index (κ2) is 11.0. The highest BCUT2D eigenvalue weighted by atomic mass is 32.1. The molecule has 35 heavy (non-hydrogen) atoms. The lowest BCUT2D eigenvalue weighted by molar-refractivity contribution is -0.128. The molecule has 0 aliphatic carbocycles. The van der Waals surface area contributed by atoms with Gasteiger partial charge in [-0.3, -0.25) is 9.69 Å². The maximum atomic E-state index is 13.1. The SMILES string of the molecule is COCC(C)n1c(C)cc(/C=C(\C#N)C(=O)N2CCN(Cc3nc(-c4cccs4)no3)CC2)c1C. The number of carbonyl (C=O) groups excluding carboxylic acids is 1. The number of aryl methyl sites for hydroxylation is 1. The summed E-state index contributed by atoms with van der Waals surface area (Å²) in [5, 5.41) is 15.8. The van der Waals surface area contributed by atoms with Crippen molar-refractivity contribution in [2.24, 2.45) is 0 Å². The number of carbonyl (C=O) groups is 1. The van der Waals surface area contributed by atoms with E-state index in [4.69, 9.17) is 9.26 Å². The Balaban J connectivity index is 1.38. The van der Waals surface area contributed by atoms with Crippen LogP contribution in [0.15, 0.2) is 33.7 Å². The van der Waals surface area contributed by atoms with Crippen LogP contribution in [-0.4, -0.2) is 70.3 Å². The summed E-state index contributed by atoms with van der Waals surface area (Å²) in [5.74, 6) is 0.923. The lowest BCUT2D eigenvalue weighted by atomic mass is 10.1. The molecule has 0 radical (unpaired) electrons. The molecule has 1 aliphatic rings. The first kappa shape index (κ1) is 24.9. The van der Waals surface area contributed by atoms with Crippen molar-refractivity contribution in [3.8, 4) is 16.8 Å². The van der Waals surface area contributed by atoms with Gasteiger partial charge in [-0.05, 0) is 49.9 Å². The molecule has 9 nitrogen and oxygen atoms in total. The predicted octanol–water partition coefficient (Wildman–Crippen LogP) is 3.68. The monoisotopic (exact) mass is 494 g/mol. The van der Waals surface area contributed by atoms with Gasteiger partial charge in [0.1, 0.15) is 11.6 Å². The van der Waals surface area contributed by atoms with Gasteiger partial charge in [-0.2, -0.15) is 10.2 Å². The van der Waals surface area contributed by atoms with Crippen molar-refractivity contribution >= 4 is 23.3 Å². The third-order valence-electron chi connectivity index (χ3n) is 6.25. The lowest BCUT2D eigenvalue weighted by Crippen LogP contribution is -2.48. The molecule has 10 heteroatoms. The second-order valence-corrected chi connectivity index (χ2v) is 9.68. The summed E-state index contributed by atoms with van der Waals surface area (Å²) in [6.45, 7) is 9.65. The van der Waals surface area contributed by atoms with Crippen LogP contribution in [-0.2, 0) is 16.1 Å². The van der Waals surface area contributed by atoms with Crippen LogP contribution in [0.25, 0.3) is 16.8 Å². The van der Waals surface area contributed by atoms with E-state index in [1.807, 2.05) is 37.4 Å². The van der Waals surface area contributed by atoms with Gasteiger partial charge in [0.2, 0.25) is 11.7 Å². The van der Waals surface area contributed by atoms with Crippen molar-refractivity contribution < 1.29 is 14.1 Å². The normalized spacial score (nSPS) is 15.9. The molecule has 3 aromatic rings. The van der Waals surface area contributed by atoms with E-state index >= 15 is 0 Å². The largest absolute Gasteiger partial charge is 0.383 e. The maximum Gasteiger partial charge on any atom is 0.264 e. The van der Waals surface area contributed by atoms with Crippen LogP contribution in [0, 0.1) is 25.2 Å². The fourth-order valence-corrected chi connectivity index (χ4v) is 5.18. The number of nitrogens with zero attached hydrogens (tertiary/aromatic N) is 6. The number of thiophene rings is 1. The average molecular weight is 495 g/mol. The molecule has 1 fully saturated rings. The molecule has 184 valence electrons. The Morgan fingerprint density at radius 3 is 2.77 bits per heavy atom. The Morgan fingerprint density at radius 2 is 2.11 bits per heavy atom. The molecule has 3 aromatic heterocycles. The van der Waals surface area contributed by atoms with E-state index in [2.05, 4.69) is 32.6 Å². The van der Waals surface area contributed by atoms with Crippen molar-refractivity contribution in [2.45, 2.75) is 33.4 Å². The highest BCUT2D eigenvalue weighted by molar-refractivity contribution is 7.13. The quantitative estimate of drug-likeness (QED) is 0.348. The van der Waals surface area contributed by atoms with Crippen LogP contribution >= 0.6 is 11.3 Å². The average Bonchev–Trinajstić information content (AvgIpc) is 3.59. The first-order chi connectivity index (χ1) is 16.9. The predicted molar refractivity (Wildman–Crippen MR) is 134 cm³/mol. The molecule has 4 heterocycles. The van der Waals surface area contributed by atoms with Gasteiger partial charge in [-0.1, -0.05) is 11.2 Å². The molecule has 1 aliphatic heterocycles. The highest BCUT2D eigenvalue weighted by Gasteiger charge is 2.25. The van der Waals surface area contributed by atoms with E-state index < -0.39 is 0 Å². The molecule has 1 unspecified atom stereocenters. The number of hydrogen-bond acceptors (Lipinski definition) is 8. The summed E-state index contributed by atoms with van der Waals surface area (Å²) in [7, 11) is 1.68. The Labute approximate surface area is 209 Å². The van der Waals surface area contributed by atoms with E-state index in [1.165, 1.54) is 0 Å². The maximum absolute atomic E-state index is 13.1. The van der Waals surface area contributed by atoms with Gasteiger partial charge >= 0.3 is 0 Å². The number of ether oxygens (including phenoxy) is 1. The van der Waals surface area contributed by atoms with Crippen molar-refractivity contribution in [2.75, 3.05) is 39.9 Å². The first-order valence-corrected chi connectivity index (χ1v) is 12.5. The van der Waals surface area contributed by atoms with Crippen molar-refractivity contribution in [1.82, 2.24) is 24.5 Å². The van der Waals surface area contributed by atoms with E-state index in [-0.39, 0.29) is 17.5 Å². The van der Waals surface area contributed by atoms with E-state index in [0.29, 0.717) is 51.0 Å². The number of piperazine rings is 1. The Morgan fingerprint density at radius 1 is 1.34 bits per heavy atom. The number of hydrogen-bond donors (Lipinski definition) is 0. The van der Waals surface area contributed by atoms with Crippen molar-refractivity contribution in [3.05, 3.63) is 52.0 Å². The third kappa shape index (κ3) is 5.53. The summed E-state index contributed by atoms with van der Waals surface area (Å²) >= 11 is 1.57. The van der Waals surface area contributed by atoms with Gasteiger partial charge in [-0.25, -0.2) is 0 Å². The zero-order valence-corrected chi connectivity index (χ0v) is 21.3. The number of methoxy groups -OCH3 is 1. The molecule has 4 rings (SSSR count). The standard InChI is InChI=1S/C25H30N6O3S/c1-17-12-20(19(3)31(17)18(2)16-33-4)13-21(14-26)25(32)30-9-7-29(8-10-30)15-23-27-24(28-34-23)22-6-5-11-35-22/h5-6,11-13,18H,7-10,15-16H2,1-4H3/b21-13+. The number of amides is 1. The van der Waals surface area contributed by atoms with Gasteiger partial charge in [0.05, 0.1) is 24.1 Å². The van der Waals surface area contributed by atoms with E-state index in [9.17, 15) is 10.1 Å². The molecule has 0 bridgehead atoms. The fraction of sp³-hybridized carbons (Fsp3) is 0.440. The van der Waals surface area contributed by atoms with Crippen molar-refractivity contribution in [1.29, 1.82) is 5.26 Å². The van der Waals surface area contributed by atoms with Crippen LogP contribution in [0.4, 0.5) is 0 Å². The smallest absolute Gasteiger partial charge is 0.264 e. The third-order valence-corrected chi connectivity index (χ3v) is 7.12. The molecule has 1 atom stereocenters.